The summed E-state index contributed by atoms with van der Waals surface area (Å²) in [5.74, 6) is 0.619. The molecule has 0 aliphatic carbocycles. The number of nitrogens with one attached hydrogen (secondary N) is 2. The van der Waals surface area contributed by atoms with Crippen LogP contribution in [0.3, 0.4) is 0 Å². The molecule has 2 fully saturated rings. The first-order valence-corrected chi connectivity index (χ1v) is 18.4. The minimum absolute atomic E-state index is 0.0346. The summed E-state index contributed by atoms with van der Waals surface area (Å²) in [4.78, 5) is 36.4. The van der Waals surface area contributed by atoms with Gasteiger partial charge in [-0.25, -0.2) is 4.39 Å². The first-order chi connectivity index (χ1) is 22.7. The van der Waals surface area contributed by atoms with Crippen molar-refractivity contribution in [2.24, 2.45) is 4.99 Å². The first kappa shape index (κ1) is 34.1. The SMILES string of the molecule is CCCCC1=NC(C(=O)N2CCOC3(CCN(Cc4cccc(CCNC[C@H](O)c5ccc(O)c6[nH]c(=O)sc56)c4F)CC3)C2)CS1. The Morgan fingerprint density at radius 3 is 2.83 bits per heavy atom. The highest BCUT2D eigenvalue weighted by molar-refractivity contribution is 8.14. The number of thiazole rings is 1. The van der Waals surface area contributed by atoms with Gasteiger partial charge in [0.15, 0.2) is 0 Å². The highest BCUT2D eigenvalue weighted by Gasteiger charge is 2.42. The van der Waals surface area contributed by atoms with E-state index in [-0.39, 0.29) is 40.5 Å². The topological polar surface area (TPSA) is 130 Å². The lowest BCUT2D eigenvalue weighted by molar-refractivity contribution is -0.160. The number of nitrogens with zero attached hydrogens (tertiary/aromatic N) is 3. The van der Waals surface area contributed by atoms with Crippen LogP contribution in [0.2, 0.25) is 0 Å². The molecule has 2 atom stereocenters. The van der Waals surface area contributed by atoms with Gasteiger partial charge in [0.2, 0.25) is 5.91 Å². The zero-order valence-electron chi connectivity index (χ0n) is 26.8. The van der Waals surface area contributed by atoms with E-state index in [1.807, 2.05) is 17.0 Å². The Morgan fingerprint density at radius 2 is 2.02 bits per heavy atom. The maximum Gasteiger partial charge on any atom is 0.305 e. The third kappa shape index (κ3) is 7.92. The van der Waals surface area contributed by atoms with Crippen molar-refractivity contribution < 1.29 is 24.1 Å². The number of aromatic amines is 1. The third-order valence-electron chi connectivity index (χ3n) is 9.47. The van der Waals surface area contributed by atoms with Crippen LogP contribution >= 0.6 is 23.1 Å². The van der Waals surface area contributed by atoms with Crippen molar-refractivity contribution in [3.05, 3.63) is 62.5 Å². The molecule has 1 unspecified atom stereocenters. The van der Waals surface area contributed by atoms with Crippen molar-refractivity contribution in [2.75, 3.05) is 51.6 Å². The van der Waals surface area contributed by atoms with Crippen molar-refractivity contribution in [1.29, 1.82) is 0 Å². The number of hydrogen-bond donors (Lipinski definition) is 4. The van der Waals surface area contributed by atoms with E-state index in [9.17, 15) is 19.8 Å². The largest absolute Gasteiger partial charge is 0.506 e. The number of aliphatic imine (C=N–C) groups is 1. The van der Waals surface area contributed by atoms with Gasteiger partial charge in [0.25, 0.3) is 0 Å². The Labute approximate surface area is 282 Å². The molecule has 1 spiro atoms. The van der Waals surface area contributed by atoms with Crippen LogP contribution in [0.1, 0.15) is 61.8 Å². The number of aliphatic hydroxyl groups is 1. The number of hydrogen-bond acceptors (Lipinski definition) is 10. The molecular formula is C34H44FN5O5S2. The smallest absolute Gasteiger partial charge is 0.305 e. The Kier molecular flexibility index (Phi) is 11.0. The summed E-state index contributed by atoms with van der Waals surface area (Å²) in [7, 11) is 0. The Hall–Kier alpha value is -2.81. The van der Waals surface area contributed by atoms with Gasteiger partial charge >= 0.3 is 4.87 Å². The number of aliphatic hydroxyl groups excluding tert-OH is 1. The number of rotatable bonds is 12. The summed E-state index contributed by atoms with van der Waals surface area (Å²) >= 11 is 2.67. The normalized spacial score (nSPS) is 20.6. The average molecular weight is 686 g/mol. The summed E-state index contributed by atoms with van der Waals surface area (Å²) < 4.78 is 22.4. The van der Waals surface area contributed by atoms with E-state index in [1.54, 1.807) is 23.9 Å². The zero-order chi connectivity index (χ0) is 33.0. The number of ether oxygens (including phenoxy) is 1. The number of halogens is 1. The summed E-state index contributed by atoms with van der Waals surface area (Å²) in [6.07, 6.45) is 4.35. The number of aromatic hydroxyl groups is 1. The molecule has 3 aliphatic heterocycles. The minimum Gasteiger partial charge on any atom is -0.506 e. The zero-order valence-corrected chi connectivity index (χ0v) is 28.4. The van der Waals surface area contributed by atoms with Crippen LogP contribution in [0.5, 0.6) is 5.75 Å². The van der Waals surface area contributed by atoms with Crippen LogP contribution in [-0.4, -0.2) is 99.2 Å². The van der Waals surface area contributed by atoms with E-state index in [2.05, 4.69) is 22.1 Å². The number of carbonyl (C=O) groups is 1. The van der Waals surface area contributed by atoms with Crippen LogP contribution < -0.4 is 10.2 Å². The number of thioether (sulfide) groups is 1. The third-order valence-corrected chi connectivity index (χ3v) is 11.5. The standard InChI is InChI=1S/C34H44FN5O5S2/c1-2-3-7-28-37-25(20-46-28)32(43)40-16-17-45-34(21-40)11-14-39(15-12-34)19-23-6-4-5-22(29(23)35)10-13-36-18-27(42)24-8-9-26(41)30-31(24)47-33(44)38-30/h4-6,8-9,25,27,36,41-42H,2-3,7,10-21H2,1H3,(H,38,44)/t25?,27-/m0/s1. The van der Waals surface area contributed by atoms with Crippen molar-refractivity contribution in [1.82, 2.24) is 20.1 Å². The maximum absolute atomic E-state index is 15.6. The second-order valence-corrected chi connectivity index (χ2v) is 14.8. The molecule has 4 heterocycles. The number of benzene rings is 2. The molecular weight excluding hydrogens is 642 g/mol. The van der Waals surface area contributed by atoms with Crippen LogP contribution in [-0.2, 0) is 22.5 Å². The lowest BCUT2D eigenvalue weighted by atomic mass is 9.89. The molecule has 1 aromatic heterocycles. The highest BCUT2D eigenvalue weighted by Crippen LogP contribution is 2.33. The second-order valence-electron chi connectivity index (χ2n) is 12.8. The molecule has 1 amide bonds. The second kappa shape index (κ2) is 15.2. The van der Waals surface area contributed by atoms with Gasteiger partial charge in [0, 0.05) is 56.1 Å². The van der Waals surface area contributed by atoms with Gasteiger partial charge in [-0.2, -0.15) is 0 Å². The number of phenolic OH excluding ortho intramolecular Hbond substituents is 1. The van der Waals surface area contributed by atoms with E-state index in [4.69, 9.17) is 9.73 Å². The van der Waals surface area contributed by atoms with Gasteiger partial charge in [-0.15, -0.1) is 11.8 Å². The van der Waals surface area contributed by atoms with E-state index >= 15 is 4.39 Å². The number of amides is 1. The van der Waals surface area contributed by atoms with Crippen molar-refractivity contribution >= 4 is 44.3 Å². The van der Waals surface area contributed by atoms with Gasteiger partial charge in [-0.05, 0) is 50.3 Å². The number of aromatic nitrogens is 1. The number of likely N-dealkylation sites (tertiary alicyclic amines) is 1. The summed E-state index contributed by atoms with van der Waals surface area (Å²) in [5.41, 5.74) is 1.80. The summed E-state index contributed by atoms with van der Waals surface area (Å²) in [6.45, 7) is 6.63. The number of H-pyrrole nitrogens is 1. The summed E-state index contributed by atoms with van der Waals surface area (Å²) in [6, 6.07) is 8.32. The quantitative estimate of drug-likeness (QED) is 0.209. The fourth-order valence-electron chi connectivity index (χ4n) is 6.74. The predicted molar refractivity (Wildman–Crippen MR) is 185 cm³/mol. The fourth-order valence-corrected chi connectivity index (χ4v) is 8.72. The molecule has 6 rings (SSSR count). The monoisotopic (exact) mass is 685 g/mol. The average Bonchev–Trinajstić information content (AvgIpc) is 3.71. The number of piperidine rings is 1. The number of phenols is 1. The van der Waals surface area contributed by atoms with Crippen LogP contribution in [0.15, 0.2) is 40.1 Å². The van der Waals surface area contributed by atoms with Crippen molar-refractivity contribution in [3.63, 3.8) is 0 Å². The molecule has 3 aliphatic rings. The molecule has 0 saturated carbocycles. The van der Waals surface area contributed by atoms with E-state index in [0.29, 0.717) is 66.1 Å². The Balaban J connectivity index is 0.975. The fraction of sp³-hybridized carbons (Fsp3) is 0.559. The molecule has 10 nitrogen and oxygen atoms in total. The van der Waals surface area contributed by atoms with Gasteiger partial charge < -0.3 is 30.2 Å². The van der Waals surface area contributed by atoms with Crippen LogP contribution in [0.25, 0.3) is 10.2 Å². The van der Waals surface area contributed by atoms with E-state index in [0.717, 1.165) is 67.3 Å². The van der Waals surface area contributed by atoms with Gasteiger partial charge in [-0.3, -0.25) is 19.5 Å². The number of carbonyl (C=O) groups excluding carboxylic acids is 1. The first-order valence-electron chi connectivity index (χ1n) is 16.6. The molecule has 0 bridgehead atoms. The molecule has 13 heteroatoms. The van der Waals surface area contributed by atoms with Crippen LogP contribution in [0, 0.1) is 5.82 Å². The Morgan fingerprint density at radius 1 is 1.21 bits per heavy atom. The number of fused-ring (bicyclic) bond motifs is 1. The van der Waals surface area contributed by atoms with E-state index < -0.39 is 6.10 Å². The maximum atomic E-state index is 15.6. The number of unbranched alkanes of at least 4 members (excludes halogenated alkanes) is 1. The highest BCUT2D eigenvalue weighted by atomic mass is 32.2. The lowest BCUT2D eigenvalue weighted by Crippen LogP contribution is -2.59. The molecule has 254 valence electrons. The van der Waals surface area contributed by atoms with Crippen molar-refractivity contribution in [3.8, 4) is 5.75 Å². The van der Waals surface area contributed by atoms with Gasteiger partial charge in [0.1, 0.15) is 23.1 Å². The van der Waals surface area contributed by atoms with Crippen molar-refractivity contribution in [2.45, 2.75) is 69.7 Å². The molecule has 0 radical (unpaired) electrons. The number of morpholine rings is 1. The Bertz CT molecular complexity index is 1650. The molecule has 3 aromatic rings. The van der Waals surface area contributed by atoms with Gasteiger partial charge in [0.05, 0.1) is 28.1 Å². The van der Waals surface area contributed by atoms with E-state index in [1.165, 1.54) is 6.07 Å². The molecule has 4 N–H and O–H groups in total. The molecule has 2 aromatic carbocycles. The molecule has 2 saturated heterocycles. The van der Waals surface area contributed by atoms with Gasteiger partial charge in [-0.1, -0.05) is 48.9 Å². The molecule has 47 heavy (non-hydrogen) atoms. The predicted octanol–water partition coefficient (Wildman–Crippen LogP) is 4.20. The summed E-state index contributed by atoms with van der Waals surface area (Å²) in [5, 5.41) is 25.1. The lowest BCUT2D eigenvalue weighted by Gasteiger charge is -2.47. The van der Waals surface area contributed by atoms with Crippen LogP contribution in [0.4, 0.5) is 4.39 Å². The minimum atomic E-state index is -0.889.